The highest BCUT2D eigenvalue weighted by Crippen LogP contribution is 2.27. The average Bonchev–Trinajstić information content (AvgIpc) is 2.85. The Morgan fingerprint density at radius 1 is 1.19 bits per heavy atom. The summed E-state index contributed by atoms with van der Waals surface area (Å²) in [6.07, 6.45) is 7.25. The zero-order valence-electron chi connectivity index (χ0n) is 15.4. The van der Waals surface area contributed by atoms with Crippen LogP contribution in [0.15, 0.2) is 34.2 Å². The summed E-state index contributed by atoms with van der Waals surface area (Å²) in [5, 5.41) is 4.12. The van der Waals surface area contributed by atoms with Gasteiger partial charge in [0.25, 0.3) is 5.56 Å². The molecule has 1 aromatic heterocycles. The fourth-order valence-corrected chi connectivity index (χ4v) is 4.46. The molecule has 1 aliphatic rings. The first-order valence-corrected chi connectivity index (χ1v) is 10.5. The number of rotatable bonds is 7. The molecule has 3 rings (SSSR count). The largest absolute Gasteiger partial charge is 0.355 e. The molecule has 1 N–H and O–H groups in total. The van der Waals surface area contributed by atoms with Crippen molar-refractivity contribution in [1.82, 2.24) is 14.9 Å². The molecule has 0 saturated carbocycles. The monoisotopic (exact) mass is 373 g/mol. The Bertz CT molecular complexity index is 818. The number of nitrogens with one attached hydrogen (secondary N) is 1. The summed E-state index contributed by atoms with van der Waals surface area (Å²) in [7, 11) is 0. The molecule has 140 valence electrons. The molecule has 1 aliphatic heterocycles. The number of para-hydroxylation sites is 1. The standard InChI is InChI=1S/C20H27N3O2S/c1-2-3-4-9-14-23-19(25)15-10-5-6-11-16(15)22-20(23)26-17-12-7-8-13-21-18(17)24/h5-6,10-11,17H,2-4,7-9,12-14H2,1H3,(H,21,24). The van der Waals surface area contributed by atoms with Crippen LogP contribution in [0.4, 0.5) is 0 Å². The van der Waals surface area contributed by atoms with Crippen LogP contribution in [0.2, 0.25) is 0 Å². The van der Waals surface area contributed by atoms with Crippen LogP contribution in [0.5, 0.6) is 0 Å². The molecule has 1 atom stereocenters. The van der Waals surface area contributed by atoms with E-state index in [1.54, 1.807) is 4.57 Å². The highest BCUT2D eigenvalue weighted by atomic mass is 32.2. The molecule has 6 heteroatoms. The highest BCUT2D eigenvalue weighted by Gasteiger charge is 2.24. The average molecular weight is 374 g/mol. The van der Waals surface area contributed by atoms with E-state index < -0.39 is 0 Å². The molecule has 1 fully saturated rings. The van der Waals surface area contributed by atoms with E-state index in [2.05, 4.69) is 12.2 Å². The summed E-state index contributed by atoms with van der Waals surface area (Å²) in [4.78, 5) is 30.1. The first-order valence-electron chi connectivity index (χ1n) is 9.64. The third-order valence-corrected chi connectivity index (χ3v) is 6.05. The Morgan fingerprint density at radius 3 is 2.88 bits per heavy atom. The minimum atomic E-state index is -0.174. The quantitative estimate of drug-likeness (QED) is 0.593. The number of thioether (sulfide) groups is 1. The van der Waals surface area contributed by atoms with Crippen molar-refractivity contribution in [2.24, 2.45) is 0 Å². The number of nitrogens with zero attached hydrogens (tertiary/aromatic N) is 2. The minimum Gasteiger partial charge on any atom is -0.355 e. The maximum Gasteiger partial charge on any atom is 0.262 e. The van der Waals surface area contributed by atoms with Crippen LogP contribution >= 0.6 is 11.8 Å². The predicted octanol–water partition coefficient (Wildman–Crippen LogP) is 3.74. The number of unbranched alkanes of at least 4 members (excludes halogenated alkanes) is 3. The van der Waals surface area contributed by atoms with Crippen molar-refractivity contribution >= 4 is 28.6 Å². The fraction of sp³-hybridized carbons (Fsp3) is 0.550. The van der Waals surface area contributed by atoms with Crippen LogP contribution in [0, 0.1) is 0 Å². The molecule has 1 saturated heterocycles. The van der Waals surface area contributed by atoms with Crippen LogP contribution in [-0.2, 0) is 11.3 Å². The number of benzene rings is 1. The molecular weight excluding hydrogens is 346 g/mol. The molecule has 0 radical (unpaired) electrons. The maximum absolute atomic E-state index is 13.0. The molecular formula is C20H27N3O2S. The third kappa shape index (κ3) is 4.47. The second kappa shape index (κ2) is 9.21. The summed E-state index contributed by atoms with van der Waals surface area (Å²) in [5.41, 5.74) is 0.711. The van der Waals surface area contributed by atoms with Crippen LogP contribution < -0.4 is 10.9 Å². The normalized spacial score (nSPS) is 17.9. The predicted molar refractivity (Wildman–Crippen MR) is 107 cm³/mol. The van der Waals surface area contributed by atoms with E-state index in [9.17, 15) is 9.59 Å². The number of hydrogen-bond donors (Lipinski definition) is 1. The fourth-order valence-electron chi connectivity index (χ4n) is 3.28. The SMILES string of the molecule is CCCCCCn1c(SC2CCCCNC2=O)nc2ccccc2c1=O. The summed E-state index contributed by atoms with van der Waals surface area (Å²) >= 11 is 1.45. The number of hydrogen-bond acceptors (Lipinski definition) is 4. The number of fused-ring (bicyclic) bond motifs is 1. The molecule has 5 nitrogen and oxygen atoms in total. The van der Waals surface area contributed by atoms with Gasteiger partial charge in [0.05, 0.1) is 16.2 Å². The summed E-state index contributed by atoms with van der Waals surface area (Å²) < 4.78 is 1.78. The minimum absolute atomic E-state index is 0.00336. The Morgan fingerprint density at radius 2 is 2.04 bits per heavy atom. The van der Waals surface area contributed by atoms with Crippen molar-refractivity contribution in [3.05, 3.63) is 34.6 Å². The molecule has 26 heavy (non-hydrogen) atoms. The lowest BCUT2D eigenvalue weighted by Crippen LogP contribution is -2.32. The van der Waals surface area contributed by atoms with Gasteiger partial charge < -0.3 is 5.32 Å². The van der Waals surface area contributed by atoms with E-state index in [1.807, 2.05) is 24.3 Å². The van der Waals surface area contributed by atoms with E-state index in [-0.39, 0.29) is 16.7 Å². The summed E-state index contributed by atoms with van der Waals surface area (Å²) in [5.74, 6) is 0.0624. The lowest BCUT2D eigenvalue weighted by molar-refractivity contribution is -0.120. The highest BCUT2D eigenvalue weighted by molar-refractivity contribution is 8.00. The Balaban J connectivity index is 1.92. The number of carbonyl (C=O) groups is 1. The van der Waals surface area contributed by atoms with E-state index >= 15 is 0 Å². The van der Waals surface area contributed by atoms with Gasteiger partial charge in [-0.3, -0.25) is 14.2 Å². The number of aromatic nitrogens is 2. The van der Waals surface area contributed by atoms with Gasteiger partial charge in [-0.25, -0.2) is 4.98 Å². The maximum atomic E-state index is 13.0. The molecule has 1 amide bonds. The van der Waals surface area contributed by atoms with Crippen LogP contribution in [0.1, 0.15) is 51.9 Å². The van der Waals surface area contributed by atoms with Crippen molar-refractivity contribution < 1.29 is 4.79 Å². The van der Waals surface area contributed by atoms with Crippen LogP contribution in [0.3, 0.4) is 0 Å². The van der Waals surface area contributed by atoms with Crippen LogP contribution in [-0.4, -0.2) is 27.3 Å². The number of carbonyl (C=O) groups excluding carboxylic acids is 1. The van der Waals surface area contributed by atoms with E-state index in [0.717, 1.165) is 45.1 Å². The van der Waals surface area contributed by atoms with Gasteiger partial charge in [0.1, 0.15) is 0 Å². The topological polar surface area (TPSA) is 64.0 Å². The van der Waals surface area contributed by atoms with E-state index in [1.165, 1.54) is 18.2 Å². The lowest BCUT2D eigenvalue weighted by atomic mass is 10.2. The van der Waals surface area contributed by atoms with E-state index in [0.29, 0.717) is 22.6 Å². The molecule has 0 bridgehead atoms. The molecule has 2 heterocycles. The van der Waals surface area contributed by atoms with Gasteiger partial charge in [0, 0.05) is 13.1 Å². The smallest absolute Gasteiger partial charge is 0.262 e. The molecule has 0 spiro atoms. The van der Waals surface area contributed by atoms with Crippen molar-refractivity contribution in [1.29, 1.82) is 0 Å². The van der Waals surface area contributed by atoms with Gasteiger partial charge in [-0.2, -0.15) is 0 Å². The van der Waals surface area contributed by atoms with Crippen molar-refractivity contribution in [2.45, 2.75) is 68.8 Å². The lowest BCUT2D eigenvalue weighted by Gasteiger charge is -2.17. The Labute approximate surface area is 158 Å². The van der Waals surface area contributed by atoms with E-state index in [4.69, 9.17) is 4.98 Å². The van der Waals surface area contributed by atoms with Gasteiger partial charge in [-0.1, -0.05) is 56.5 Å². The van der Waals surface area contributed by atoms with Crippen molar-refractivity contribution in [3.63, 3.8) is 0 Å². The van der Waals surface area contributed by atoms with Crippen molar-refractivity contribution in [3.8, 4) is 0 Å². The van der Waals surface area contributed by atoms with Gasteiger partial charge >= 0.3 is 0 Å². The van der Waals surface area contributed by atoms with Gasteiger partial charge in [-0.15, -0.1) is 0 Å². The summed E-state index contributed by atoms with van der Waals surface area (Å²) in [6.45, 7) is 3.58. The first-order chi connectivity index (χ1) is 12.7. The van der Waals surface area contributed by atoms with Gasteiger partial charge in [0.15, 0.2) is 5.16 Å². The second-order valence-electron chi connectivity index (χ2n) is 6.82. The Kier molecular flexibility index (Phi) is 6.72. The molecule has 1 aromatic carbocycles. The molecule has 0 aliphatic carbocycles. The zero-order chi connectivity index (χ0) is 18.4. The van der Waals surface area contributed by atoms with Crippen LogP contribution in [0.25, 0.3) is 10.9 Å². The number of amides is 1. The molecule has 2 aromatic rings. The van der Waals surface area contributed by atoms with Gasteiger partial charge in [-0.05, 0) is 31.4 Å². The zero-order valence-corrected chi connectivity index (χ0v) is 16.2. The van der Waals surface area contributed by atoms with Gasteiger partial charge in [0.2, 0.25) is 5.91 Å². The summed E-state index contributed by atoms with van der Waals surface area (Å²) in [6, 6.07) is 7.47. The molecule has 1 unspecified atom stereocenters. The second-order valence-corrected chi connectivity index (χ2v) is 7.99. The third-order valence-electron chi connectivity index (χ3n) is 4.79. The van der Waals surface area contributed by atoms with Crippen molar-refractivity contribution in [2.75, 3.05) is 6.54 Å². The first kappa shape index (κ1) is 19.0. The Hall–Kier alpha value is -1.82.